The maximum atomic E-state index is 12.1. The van der Waals surface area contributed by atoms with Crippen molar-refractivity contribution >= 4 is 17.7 Å². The predicted molar refractivity (Wildman–Crippen MR) is 93.8 cm³/mol. The molecule has 0 amide bonds. The molecule has 0 fully saturated rings. The summed E-state index contributed by atoms with van der Waals surface area (Å²) in [5.41, 5.74) is 2.22. The van der Waals surface area contributed by atoms with Crippen molar-refractivity contribution in [1.82, 2.24) is 10.2 Å². The number of carbonyl (C=O) groups is 1. The first kappa shape index (κ1) is 16.1. The van der Waals surface area contributed by atoms with Gasteiger partial charge < -0.3 is 9.47 Å². The van der Waals surface area contributed by atoms with Crippen molar-refractivity contribution < 1.29 is 14.3 Å². The van der Waals surface area contributed by atoms with Crippen molar-refractivity contribution in [2.75, 3.05) is 13.4 Å². The van der Waals surface area contributed by atoms with Crippen molar-refractivity contribution in [2.45, 2.75) is 4.90 Å². The van der Waals surface area contributed by atoms with Gasteiger partial charge in [0.05, 0.1) is 7.11 Å². The number of nitrogens with one attached hydrogen (secondary N) is 1. The molecule has 0 saturated heterocycles. The van der Waals surface area contributed by atoms with Crippen LogP contribution in [0, 0.1) is 0 Å². The third-order valence-electron chi connectivity index (χ3n) is 3.50. The van der Waals surface area contributed by atoms with Crippen LogP contribution in [0.4, 0.5) is 0 Å². The number of ether oxygens (including phenoxy) is 2. The Morgan fingerprint density at radius 3 is 2.46 bits per heavy atom. The second-order valence-corrected chi connectivity index (χ2v) is 5.79. The fourth-order valence-electron chi connectivity index (χ4n) is 2.25. The summed E-state index contributed by atoms with van der Waals surface area (Å²) in [6.07, 6.45) is 3.52. The lowest BCUT2D eigenvalue weighted by atomic mass is 10.1. The van der Waals surface area contributed by atoms with E-state index in [-0.39, 0.29) is 5.69 Å². The minimum atomic E-state index is -0.488. The number of aromatic amines is 1. The van der Waals surface area contributed by atoms with Gasteiger partial charge in [0.1, 0.15) is 11.5 Å². The molecule has 1 N–H and O–H groups in total. The smallest absolute Gasteiger partial charge is 0.364 e. The monoisotopic (exact) mass is 340 g/mol. The summed E-state index contributed by atoms with van der Waals surface area (Å²) >= 11 is 1.52. The van der Waals surface area contributed by atoms with E-state index in [2.05, 4.69) is 10.2 Å². The molecule has 0 atom stereocenters. The molecule has 3 aromatic rings. The van der Waals surface area contributed by atoms with E-state index in [1.165, 1.54) is 11.8 Å². The third-order valence-corrected chi connectivity index (χ3v) is 4.28. The first-order chi connectivity index (χ1) is 11.7. The molecule has 6 heteroatoms. The Hall–Kier alpha value is -2.73. The quantitative estimate of drug-likeness (QED) is 0.432. The topological polar surface area (TPSA) is 64.2 Å². The summed E-state index contributed by atoms with van der Waals surface area (Å²) < 4.78 is 10.7. The highest BCUT2D eigenvalue weighted by atomic mass is 32.2. The maximum Gasteiger partial charge on any atom is 0.364 e. The number of benzene rings is 2. The van der Waals surface area contributed by atoms with E-state index in [1.807, 2.05) is 48.7 Å². The van der Waals surface area contributed by atoms with Gasteiger partial charge in [-0.15, -0.1) is 11.8 Å². The molecule has 0 bridgehead atoms. The molecule has 0 aliphatic heterocycles. The van der Waals surface area contributed by atoms with E-state index in [0.29, 0.717) is 5.75 Å². The number of thioether (sulfide) groups is 1. The molecule has 3 rings (SSSR count). The van der Waals surface area contributed by atoms with Crippen LogP contribution in [-0.2, 0) is 0 Å². The number of carbonyl (C=O) groups excluding carboxylic acids is 1. The standard InChI is InChI=1S/C18H16N2O3S/c1-22-14-6-3-12(4-7-14)13-5-8-17(24-2)16(11-13)23-18(21)15-9-10-19-20-15/h3-11H,1-2H3,(H,19,20). The van der Waals surface area contributed by atoms with Crippen LogP contribution >= 0.6 is 11.8 Å². The molecule has 0 saturated carbocycles. The molecule has 0 radical (unpaired) electrons. The Morgan fingerprint density at radius 1 is 1.08 bits per heavy atom. The number of hydrogen-bond donors (Lipinski definition) is 1. The lowest BCUT2D eigenvalue weighted by Crippen LogP contribution is -2.09. The van der Waals surface area contributed by atoms with E-state index in [1.54, 1.807) is 19.4 Å². The van der Waals surface area contributed by atoms with Crippen LogP contribution in [0.5, 0.6) is 11.5 Å². The molecule has 0 aliphatic carbocycles. The van der Waals surface area contributed by atoms with Crippen LogP contribution in [0.15, 0.2) is 59.6 Å². The molecule has 1 heterocycles. The number of H-pyrrole nitrogens is 1. The summed E-state index contributed by atoms with van der Waals surface area (Å²) in [5, 5.41) is 6.45. The maximum absolute atomic E-state index is 12.1. The lowest BCUT2D eigenvalue weighted by molar-refractivity contribution is 0.0724. The average molecular weight is 340 g/mol. The van der Waals surface area contributed by atoms with Gasteiger partial charge in [-0.25, -0.2) is 4.79 Å². The van der Waals surface area contributed by atoms with E-state index in [4.69, 9.17) is 9.47 Å². The summed E-state index contributed by atoms with van der Waals surface area (Å²) in [6, 6.07) is 15.1. The third kappa shape index (κ3) is 3.44. The molecule has 2 aromatic carbocycles. The van der Waals surface area contributed by atoms with Crippen LogP contribution < -0.4 is 9.47 Å². The summed E-state index contributed by atoms with van der Waals surface area (Å²) in [5.74, 6) is 0.826. The van der Waals surface area contributed by atoms with E-state index < -0.39 is 5.97 Å². The Kier molecular flexibility index (Phi) is 4.86. The van der Waals surface area contributed by atoms with Gasteiger partial charge >= 0.3 is 5.97 Å². The fourth-order valence-corrected chi connectivity index (χ4v) is 2.75. The number of esters is 1. The van der Waals surface area contributed by atoms with Gasteiger partial charge in [0, 0.05) is 11.1 Å². The molecule has 122 valence electrons. The first-order valence-electron chi connectivity index (χ1n) is 7.25. The zero-order valence-electron chi connectivity index (χ0n) is 13.3. The van der Waals surface area contributed by atoms with Crippen molar-refractivity contribution in [3.05, 3.63) is 60.4 Å². The largest absolute Gasteiger partial charge is 0.497 e. The molecule has 0 spiro atoms. The highest BCUT2D eigenvalue weighted by Crippen LogP contribution is 2.33. The SMILES string of the molecule is COc1ccc(-c2ccc(SC)c(OC(=O)c3cc[nH]n3)c2)cc1. The highest BCUT2D eigenvalue weighted by Gasteiger charge is 2.14. The number of nitrogens with zero attached hydrogens (tertiary/aromatic N) is 1. The van der Waals surface area contributed by atoms with E-state index in [9.17, 15) is 4.79 Å². The first-order valence-corrected chi connectivity index (χ1v) is 8.48. The van der Waals surface area contributed by atoms with Gasteiger partial charge in [0.2, 0.25) is 0 Å². The molecule has 1 aromatic heterocycles. The van der Waals surface area contributed by atoms with Crippen LogP contribution in [0.25, 0.3) is 11.1 Å². The molecule has 24 heavy (non-hydrogen) atoms. The normalized spacial score (nSPS) is 10.4. The van der Waals surface area contributed by atoms with Crippen molar-refractivity contribution in [3.63, 3.8) is 0 Å². The second kappa shape index (κ2) is 7.23. The number of hydrogen-bond acceptors (Lipinski definition) is 5. The summed E-state index contributed by atoms with van der Waals surface area (Å²) in [6.45, 7) is 0. The van der Waals surface area contributed by atoms with Crippen molar-refractivity contribution in [1.29, 1.82) is 0 Å². The number of aromatic nitrogens is 2. The Morgan fingerprint density at radius 2 is 1.83 bits per heavy atom. The van der Waals surface area contributed by atoms with Crippen LogP contribution in [0.1, 0.15) is 10.5 Å². The minimum Gasteiger partial charge on any atom is -0.497 e. The van der Waals surface area contributed by atoms with Gasteiger partial charge in [-0.05, 0) is 47.7 Å². The van der Waals surface area contributed by atoms with E-state index >= 15 is 0 Å². The summed E-state index contributed by atoms with van der Waals surface area (Å²) in [7, 11) is 1.63. The van der Waals surface area contributed by atoms with E-state index in [0.717, 1.165) is 21.8 Å². The fraction of sp³-hybridized carbons (Fsp3) is 0.111. The van der Waals surface area contributed by atoms with Gasteiger partial charge in [0.15, 0.2) is 5.69 Å². The zero-order chi connectivity index (χ0) is 16.9. The Balaban J connectivity index is 1.91. The molecule has 0 unspecified atom stereocenters. The zero-order valence-corrected chi connectivity index (χ0v) is 14.1. The lowest BCUT2D eigenvalue weighted by Gasteiger charge is -2.10. The van der Waals surface area contributed by atoms with Crippen molar-refractivity contribution in [3.8, 4) is 22.6 Å². The Labute approximate surface area is 144 Å². The molecule has 0 aliphatic rings. The highest BCUT2D eigenvalue weighted by molar-refractivity contribution is 7.98. The van der Waals surface area contributed by atoms with Gasteiger partial charge in [-0.3, -0.25) is 5.10 Å². The average Bonchev–Trinajstić information content (AvgIpc) is 3.16. The Bertz CT molecular complexity index is 830. The van der Waals surface area contributed by atoms with Crippen LogP contribution in [0.3, 0.4) is 0 Å². The summed E-state index contributed by atoms with van der Waals surface area (Å²) in [4.78, 5) is 13.0. The van der Waals surface area contributed by atoms with Crippen LogP contribution in [-0.4, -0.2) is 29.5 Å². The molecular formula is C18H16N2O3S. The van der Waals surface area contributed by atoms with Crippen molar-refractivity contribution in [2.24, 2.45) is 0 Å². The van der Waals surface area contributed by atoms with Crippen LogP contribution in [0.2, 0.25) is 0 Å². The second-order valence-electron chi connectivity index (χ2n) is 4.94. The van der Waals surface area contributed by atoms with Gasteiger partial charge in [-0.1, -0.05) is 18.2 Å². The van der Waals surface area contributed by atoms with Gasteiger partial charge in [-0.2, -0.15) is 5.10 Å². The predicted octanol–water partition coefficient (Wildman–Crippen LogP) is 4.03. The molecular weight excluding hydrogens is 324 g/mol. The minimum absolute atomic E-state index is 0.247. The van der Waals surface area contributed by atoms with Gasteiger partial charge in [0.25, 0.3) is 0 Å². The molecule has 5 nitrogen and oxygen atoms in total. The number of rotatable bonds is 5. The number of methoxy groups -OCH3 is 1.